The van der Waals surface area contributed by atoms with E-state index in [4.69, 9.17) is 5.21 Å². The minimum absolute atomic E-state index is 0.651. The van der Waals surface area contributed by atoms with E-state index in [2.05, 4.69) is 17.0 Å². The molecular weight excluding hydrogens is 134 g/mol. The summed E-state index contributed by atoms with van der Waals surface area (Å²) >= 11 is 1.43. The van der Waals surface area contributed by atoms with Crippen molar-refractivity contribution in [3.8, 4) is 11.8 Å². The summed E-state index contributed by atoms with van der Waals surface area (Å²) in [5.41, 5.74) is 0. The van der Waals surface area contributed by atoms with E-state index in [1.807, 2.05) is 0 Å². The smallest absolute Gasteiger partial charge is 0.110 e. The molecule has 50 valence electrons. The summed E-state index contributed by atoms with van der Waals surface area (Å²) in [6, 6.07) is 0. The van der Waals surface area contributed by atoms with Crippen molar-refractivity contribution in [2.24, 2.45) is 5.16 Å². The highest BCUT2D eigenvalue weighted by molar-refractivity contribution is 8.14. The molecular formula is C6H9NOS. The number of rotatable bonds is 1. The second kappa shape index (κ2) is 5.52. The van der Waals surface area contributed by atoms with Gasteiger partial charge in [0, 0.05) is 0 Å². The molecule has 0 saturated heterocycles. The maximum atomic E-state index is 8.15. The Morgan fingerprint density at radius 1 is 1.78 bits per heavy atom. The van der Waals surface area contributed by atoms with Crippen LogP contribution in [0.25, 0.3) is 0 Å². The van der Waals surface area contributed by atoms with Crippen molar-refractivity contribution in [3.05, 3.63) is 0 Å². The Morgan fingerprint density at radius 2 is 2.44 bits per heavy atom. The summed E-state index contributed by atoms with van der Waals surface area (Å²) in [6.45, 7) is 3.52. The molecule has 0 aliphatic rings. The minimum atomic E-state index is 0.651. The molecule has 0 spiro atoms. The number of nitrogens with zero attached hydrogens (tertiary/aromatic N) is 1. The highest BCUT2D eigenvalue weighted by atomic mass is 32.2. The van der Waals surface area contributed by atoms with Crippen LogP contribution in [0.2, 0.25) is 0 Å². The van der Waals surface area contributed by atoms with Gasteiger partial charge in [-0.2, -0.15) is 0 Å². The van der Waals surface area contributed by atoms with Crippen LogP contribution in [-0.4, -0.2) is 16.0 Å². The molecule has 0 amide bonds. The fourth-order valence-corrected chi connectivity index (χ4v) is 0.725. The first-order chi connectivity index (χ1) is 4.31. The third-order valence-electron chi connectivity index (χ3n) is 0.671. The van der Waals surface area contributed by atoms with Gasteiger partial charge in [0.2, 0.25) is 0 Å². The Balaban J connectivity index is 3.36. The fraction of sp³-hybridized carbons (Fsp3) is 0.500. The van der Waals surface area contributed by atoms with E-state index in [9.17, 15) is 0 Å². The molecule has 0 aromatic rings. The second-order valence-corrected chi connectivity index (χ2v) is 2.50. The lowest BCUT2D eigenvalue weighted by atomic mass is 10.7. The second-order valence-electron chi connectivity index (χ2n) is 1.33. The van der Waals surface area contributed by atoms with Crippen molar-refractivity contribution < 1.29 is 5.21 Å². The van der Waals surface area contributed by atoms with Gasteiger partial charge >= 0.3 is 0 Å². The van der Waals surface area contributed by atoms with Crippen molar-refractivity contribution in [1.29, 1.82) is 0 Å². The average Bonchev–Trinajstić information content (AvgIpc) is 1.89. The molecule has 0 aromatic heterocycles. The quantitative estimate of drug-likeness (QED) is 0.198. The molecule has 3 heteroatoms. The van der Waals surface area contributed by atoms with Crippen molar-refractivity contribution in [3.63, 3.8) is 0 Å². The first-order valence-corrected chi connectivity index (χ1v) is 3.51. The molecule has 0 fully saturated rings. The van der Waals surface area contributed by atoms with Crippen molar-refractivity contribution in [2.45, 2.75) is 13.8 Å². The first-order valence-electron chi connectivity index (χ1n) is 2.52. The molecule has 9 heavy (non-hydrogen) atoms. The number of hydrogen-bond donors (Lipinski definition) is 1. The highest BCUT2D eigenvalue weighted by Gasteiger charge is 1.86. The SMILES string of the molecule is CC#CCSC(C)=NO. The lowest BCUT2D eigenvalue weighted by Crippen LogP contribution is -1.83. The summed E-state index contributed by atoms with van der Waals surface area (Å²) in [5.74, 6) is 6.27. The van der Waals surface area contributed by atoms with Gasteiger partial charge < -0.3 is 5.21 Å². The number of hydrogen-bond acceptors (Lipinski definition) is 3. The summed E-state index contributed by atoms with van der Waals surface area (Å²) in [4.78, 5) is 0. The van der Waals surface area contributed by atoms with Crippen LogP contribution < -0.4 is 0 Å². The Bertz CT molecular complexity index is 154. The van der Waals surface area contributed by atoms with E-state index in [-0.39, 0.29) is 0 Å². The zero-order chi connectivity index (χ0) is 7.11. The molecule has 0 atom stereocenters. The van der Waals surface area contributed by atoms with Gasteiger partial charge in [-0.1, -0.05) is 22.8 Å². The van der Waals surface area contributed by atoms with Gasteiger partial charge in [0.1, 0.15) is 5.04 Å². The predicted molar refractivity (Wildman–Crippen MR) is 40.8 cm³/mol. The van der Waals surface area contributed by atoms with Crippen molar-refractivity contribution in [1.82, 2.24) is 0 Å². The maximum Gasteiger partial charge on any atom is 0.110 e. The Labute approximate surface area is 59.3 Å². The van der Waals surface area contributed by atoms with E-state index in [0.29, 0.717) is 10.8 Å². The van der Waals surface area contributed by atoms with Gasteiger partial charge in [-0.15, -0.1) is 5.92 Å². The normalized spacial score (nSPS) is 10.2. The van der Waals surface area contributed by atoms with Crippen LogP contribution in [0, 0.1) is 11.8 Å². The van der Waals surface area contributed by atoms with E-state index < -0.39 is 0 Å². The third-order valence-corrected chi connectivity index (χ3v) is 1.46. The molecule has 0 unspecified atom stereocenters. The lowest BCUT2D eigenvalue weighted by molar-refractivity contribution is 0.320. The van der Waals surface area contributed by atoms with Crippen LogP contribution in [-0.2, 0) is 0 Å². The molecule has 0 rings (SSSR count). The molecule has 0 aliphatic heterocycles. The van der Waals surface area contributed by atoms with Gasteiger partial charge in [-0.3, -0.25) is 0 Å². The predicted octanol–water partition coefficient (Wildman–Crippen LogP) is 1.55. The summed E-state index contributed by atoms with van der Waals surface area (Å²) in [7, 11) is 0. The molecule has 0 radical (unpaired) electrons. The van der Waals surface area contributed by atoms with Crippen molar-refractivity contribution in [2.75, 3.05) is 5.75 Å². The monoisotopic (exact) mass is 143 g/mol. The standard InChI is InChI=1S/C6H9NOS/c1-3-4-5-9-6(2)7-8/h8H,5H2,1-2H3. The van der Waals surface area contributed by atoms with Crippen LogP contribution in [0.5, 0.6) is 0 Å². The zero-order valence-corrected chi connectivity index (χ0v) is 6.33. The first kappa shape index (κ1) is 8.38. The maximum absolute atomic E-state index is 8.15. The highest BCUT2D eigenvalue weighted by Crippen LogP contribution is 2.00. The van der Waals surface area contributed by atoms with Gasteiger partial charge in [0.05, 0.1) is 5.75 Å². The van der Waals surface area contributed by atoms with Gasteiger partial charge in [0.25, 0.3) is 0 Å². The summed E-state index contributed by atoms with van der Waals surface area (Å²) in [6.07, 6.45) is 0. The summed E-state index contributed by atoms with van der Waals surface area (Å²) < 4.78 is 0. The van der Waals surface area contributed by atoms with Crippen LogP contribution in [0.1, 0.15) is 13.8 Å². The van der Waals surface area contributed by atoms with Gasteiger partial charge in [-0.25, -0.2) is 0 Å². The largest absolute Gasteiger partial charge is 0.410 e. The summed E-state index contributed by atoms with van der Waals surface area (Å²) in [5, 5.41) is 11.8. The Morgan fingerprint density at radius 3 is 2.89 bits per heavy atom. The van der Waals surface area contributed by atoms with Crippen LogP contribution >= 0.6 is 11.8 Å². The third kappa shape index (κ3) is 5.25. The van der Waals surface area contributed by atoms with Crippen molar-refractivity contribution >= 4 is 16.8 Å². The molecule has 1 N–H and O–H groups in total. The number of thioether (sulfide) groups is 1. The average molecular weight is 143 g/mol. The van der Waals surface area contributed by atoms with Crippen LogP contribution in [0.4, 0.5) is 0 Å². The number of oxime groups is 1. The topological polar surface area (TPSA) is 32.6 Å². The zero-order valence-electron chi connectivity index (χ0n) is 5.51. The lowest BCUT2D eigenvalue weighted by Gasteiger charge is -1.88. The minimum Gasteiger partial charge on any atom is -0.410 e. The van der Waals surface area contributed by atoms with Crippen LogP contribution in [0.15, 0.2) is 5.16 Å². The molecule has 0 aromatic carbocycles. The van der Waals surface area contributed by atoms with E-state index >= 15 is 0 Å². The molecule has 0 heterocycles. The van der Waals surface area contributed by atoms with Crippen LogP contribution in [0.3, 0.4) is 0 Å². The van der Waals surface area contributed by atoms with Gasteiger partial charge in [0.15, 0.2) is 0 Å². The molecule has 0 bridgehead atoms. The molecule has 0 saturated carbocycles. The Kier molecular flexibility index (Phi) is 5.14. The van der Waals surface area contributed by atoms with Gasteiger partial charge in [-0.05, 0) is 13.8 Å². The van der Waals surface area contributed by atoms with E-state index in [1.165, 1.54) is 11.8 Å². The Hall–Kier alpha value is -0.620. The fourth-order valence-electron chi connectivity index (χ4n) is 0.242. The van der Waals surface area contributed by atoms with E-state index in [1.54, 1.807) is 13.8 Å². The van der Waals surface area contributed by atoms with E-state index in [0.717, 1.165) is 0 Å². The molecule has 0 aliphatic carbocycles. The molecule has 2 nitrogen and oxygen atoms in total.